The van der Waals surface area contributed by atoms with E-state index in [1.165, 1.54) is 38.2 Å². The number of benzene rings is 4. The molecule has 1 unspecified atom stereocenters. The maximum atomic E-state index is 13.5. The summed E-state index contributed by atoms with van der Waals surface area (Å²) in [5.74, 6) is -0.963. The molecule has 48 heavy (non-hydrogen) atoms. The largest absolute Gasteiger partial charge is 0.367 e. The zero-order valence-electron chi connectivity index (χ0n) is 27.5. The molecule has 248 valence electrons. The Morgan fingerprint density at radius 1 is 0.812 bits per heavy atom. The molecule has 0 radical (unpaired) electrons. The number of urea groups is 1. The van der Waals surface area contributed by atoms with E-state index in [0.29, 0.717) is 23.0 Å². The highest BCUT2D eigenvalue weighted by atomic mass is 16.2. The lowest BCUT2D eigenvalue weighted by Gasteiger charge is -2.42. The molecule has 4 aromatic rings. The maximum Gasteiger partial charge on any atom is 0.320 e. The molecule has 1 heterocycles. The van der Waals surface area contributed by atoms with E-state index in [1.54, 1.807) is 25.1 Å². The van der Waals surface area contributed by atoms with Gasteiger partial charge in [0.25, 0.3) is 0 Å². The van der Waals surface area contributed by atoms with E-state index in [4.69, 9.17) is 5.73 Å². The molecule has 2 fully saturated rings. The quantitative estimate of drug-likeness (QED) is 0.156. The van der Waals surface area contributed by atoms with Gasteiger partial charge in [-0.2, -0.15) is 0 Å². The number of nitrogens with zero attached hydrogens (tertiary/aromatic N) is 2. The second kappa shape index (κ2) is 14.7. The molecule has 9 nitrogen and oxygen atoms in total. The highest BCUT2D eigenvalue weighted by molar-refractivity contribution is 6.05. The monoisotopic (exact) mass is 644 g/mol. The summed E-state index contributed by atoms with van der Waals surface area (Å²) >= 11 is 0. The van der Waals surface area contributed by atoms with Gasteiger partial charge >= 0.3 is 6.03 Å². The van der Waals surface area contributed by atoms with E-state index in [2.05, 4.69) is 25.8 Å². The Morgan fingerprint density at radius 2 is 1.52 bits per heavy atom. The third-order valence-electron chi connectivity index (χ3n) is 9.67. The number of piperazine rings is 1. The van der Waals surface area contributed by atoms with Crippen LogP contribution >= 0.6 is 0 Å². The molecule has 6 rings (SSSR count). The van der Waals surface area contributed by atoms with Gasteiger partial charge < -0.3 is 26.6 Å². The van der Waals surface area contributed by atoms with Crippen molar-refractivity contribution < 1.29 is 14.4 Å². The first kappa shape index (κ1) is 32.8. The number of carbonyl (C=O) groups excluding carboxylic acids is 3. The zero-order chi connectivity index (χ0) is 33.5. The Morgan fingerprint density at radius 3 is 2.27 bits per heavy atom. The first-order chi connectivity index (χ1) is 23.3. The molecule has 0 aromatic heterocycles. The van der Waals surface area contributed by atoms with Gasteiger partial charge in [0.1, 0.15) is 5.54 Å². The molecule has 1 aliphatic heterocycles. The van der Waals surface area contributed by atoms with Crippen molar-refractivity contribution in [2.45, 2.75) is 50.6 Å². The smallest absolute Gasteiger partial charge is 0.320 e. The van der Waals surface area contributed by atoms with Crippen molar-refractivity contribution in [3.63, 3.8) is 0 Å². The summed E-state index contributed by atoms with van der Waals surface area (Å²) in [7, 11) is 0. The summed E-state index contributed by atoms with van der Waals surface area (Å²) in [6, 6.07) is 28.5. The number of rotatable bonds is 9. The van der Waals surface area contributed by atoms with Gasteiger partial charge in [-0.05, 0) is 65.9 Å². The zero-order valence-corrected chi connectivity index (χ0v) is 27.5. The van der Waals surface area contributed by atoms with Gasteiger partial charge in [-0.1, -0.05) is 92.1 Å². The van der Waals surface area contributed by atoms with Gasteiger partial charge in [0.2, 0.25) is 11.8 Å². The van der Waals surface area contributed by atoms with E-state index < -0.39 is 17.5 Å². The van der Waals surface area contributed by atoms with Gasteiger partial charge in [0.05, 0.1) is 11.4 Å². The van der Waals surface area contributed by atoms with Crippen LogP contribution in [-0.4, -0.2) is 55.0 Å². The normalized spacial score (nSPS) is 17.1. The van der Waals surface area contributed by atoms with Crippen LogP contribution in [0.15, 0.2) is 97.1 Å². The number of nitrogens with one attached hydrogen (secondary N) is 3. The summed E-state index contributed by atoms with van der Waals surface area (Å²) < 4.78 is 0. The fourth-order valence-corrected chi connectivity index (χ4v) is 6.99. The summed E-state index contributed by atoms with van der Waals surface area (Å²) in [5.41, 5.74) is 7.88. The van der Waals surface area contributed by atoms with Crippen LogP contribution in [0.25, 0.3) is 16.8 Å². The number of hydrogen-bond acceptors (Lipinski definition) is 5. The fraction of sp³-hybridized carbons (Fsp3) is 0.308. The Bertz CT molecular complexity index is 1790. The second-order valence-corrected chi connectivity index (χ2v) is 12.9. The molecule has 9 heteroatoms. The van der Waals surface area contributed by atoms with Crippen molar-refractivity contribution in [2.24, 2.45) is 5.73 Å². The second-order valence-electron chi connectivity index (χ2n) is 12.9. The van der Waals surface area contributed by atoms with Gasteiger partial charge in [0, 0.05) is 44.0 Å². The van der Waals surface area contributed by atoms with Crippen LogP contribution in [0.4, 0.5) is 21.9 Å². The van der Waals surface area contributed by atoms with Crippen molar-refractivity contribution in [1.82, 2.24) is 10.2 Å². The molecule has 1 aliphatic carbocycles. The van der Waals surface area contributed by atoms with E-state index >= 15 is 0 Å². The summed E-state index contributed by atoms with van der Waals surface area (Å²) in [4.78, 5) is 44.4. The first-order valence-electron chi connectivity index (χ1n) is 16.8. The Hall–Kier alpha value is -5.15. The highest BCUT2D eigenvalue weighted by Gasteiger charge is 2.36. The predicted octanol–water partition coefficient (Wildman–Crippen LogP) is 6.47. The van der Waals surface area contributed by atoms with Gasteiger partial charge in [-0.25, -0.2) is 4.79 Å². The molecular weight excluding hydrogens is 600 g/mol. The molecule has 1 saturated carbocycles. The number of nitrogens with two attached hydrogens (primary N) is 1. The van der Waals surface area contributed by atoms with Crippen LogP contribution in [0.2, 0.25) is 0 Å². The fourth-order valence-electron chi connectivity index (χ4n) is 6.99. The SMILES string of the molecule is CC(NC(=O)Nc1ccc(N2CCN(C3CCCCC3)CC2)c(NC(=O)C=Cc2ccccc2)c1)(C(N)=O)c1cccc2ccccc12. The Balaban J connectivity index is 1.22. The van der Waals surface area contributed by atoms with Crippen LogP contribution < -0.4 is 26.6 Å². The molecule has 1 atom stereocenters. The number of anilines is 3. The van der Waals surface area contributed by atoms with Gasteiger partial charge in [-0.3, -0.25) is 14.5 Å². The molecule has 2 aliphatic rings. The number of carbonyl (C=O) groups is 3. The lowest BCUT2D eigenvalue weighted by molar-refractivity contribution is -0.123. The van der Waals surface area contributed by atoms with E-state index in [-0.39, 0.29) is 5.91 Å². The highest BCUT2D eigenvalue weighted by Crippen LogP contribution is 2.33. The van der Waals surface area contributed by atoms with Crippen molar-refractivity contribution in [1.29, 1.82) is 0 Å². The Kier molecular flexibility index (Phi) is 10.1. The number of fused-ring (bicyclic) bond motifs is 1. The van der Waals surface area contributed by atoms with Crippen molar-refractivity contribution in [2.75, 3.05) is 41.7 Å². The minimum absolute atomic E-state index is 0.278. The third-order valence-corrected chi connectivity index (χ3v) is 9.67. The van der Waals surface area contributed by atoms with E-state index in [1.807, 2.05) is 78.9 Å². The minimum Gasteiger partial charge on any atom is -0.367 e. The van der Waals surface area contributed by atoms with Crippen LogP contribution in [0.5, 0.6) is 0 Å². The Labute approximate surface area is 282 Å². The lowest BCUT2D eigenvalue weighted by Crippen LogP contribution is -2.54. The van der Waals surface area contributed by atoms with E-state index in [0.717, 1.165) is 48.2 Å². The molecule has 4 aromatic carbocycles. The number of primary amides is 1. The average molecular weight is 645 g/mol. The predicted molar refractivity (Wildman–Crippen MR) is 194 cm³/mol. The third kappa shape index (κ3) is 7.52. The topological polar surface area (TPSA) is 120 Å². The number of amides is 4. The van der Waals surface area contributed by atoms with Crippen molar-refractivity contribution in [3.05, 3.63) is 108 Å². The van der Waals surface area contributed by atoms with Crippen molar-refractivity contribution in [3.8, 4) is 0 Å². The summed E-state index contributed by atoms with van der Waals surface area (Å²) in [6.45, 7) is 5.23. The van der Waals surface area contributed by atoms with E-state index in [9.17, 15) is 14.4 Å². The molecule has 5 N–H and O–H groups in total. The molecular formula is C39H44N6O3. The first-order valence-corrected chi connectivity index (χ1v) is 16.8. The molecule has 0 bridgehead atoms. The minimum atomic E-state index is -1.48. The van der Waals surface area contributed by atoms with Gasteiger partial charge in [0.15, 0.2) is 0 Å². The average Bonchev–Trinajstić information content (AvgIpc) is 3.11. The number of hydrogen-bond donors (Lipinski definition) is 4. The van der Waals surface area contributed by atoms with Crippen LogP contribution in [0.3, 0.4) is 0 Å². The standard InChI is InChI=1S/C39H44N6O3/c1-39(37(40)47,33-18-10-14-29-13-8-9-17-32(29)33)43-38(48)41-30-20-21-35(45-25-23-44(24-26-45)31-15-6-3-7-16-31)34(27-30)42-36(46)22-19-28-11-4-2-5-12-28/h2,4-5,8-14,17-22,27,31H,3,6-7,15-16,23-26H2,1H3,(H2,40,47)(H,42,46)(H2,41,43,48). The molecule has 1 saturated heterocycles. The summed E-state index contributed by atoms with van der Waals surface area (Å²) in [6.07, 6.45) is 9.77. The van der Waals surface area contributed by atoms with Crippen LogP contribution in [-0.2, 0) is 15.1 Å². The molecule has 4 amide bonds. The molecule has 0 spiro atoms. The lowest BCUT2D eigenvalue weighted by atomic mass is 9.87. The summed E-state index contributed by atoms with van der Waals surface area (Å²) in [5, 5.41) is 10.5. The van der Waals surface area contributed by atoms with Crippen molar-refractivity contribution >= 4 is 51.8 Å². The van der Waals surface area contributed by atoms with Crippen LogP contribution in [0.1, 0.15) is 50.2 Å². The van der Waals surface area contributed by atoms with Gasteiger partial charge in [-0.15, -0.1) is 0 Å². The maximum absolute atomic E-state index is 13.5. The van der Waals surface area contributed by atoms with Crippen LogP contribution in [0, 0.1) is 0 Å².